The number of carbonyl (C=O) groups excluding carboxylic acids is 2. The maximum Gasteiger partial charge on any atom is 0.308 e. The van der Waals surface area contributed by atoms with Crippen molar-refractivity contribution in [3.05, 3.63) is 77.6 Å². The summed E-state index contributed by atoms with van der Waals surface area (Å²) in [7, 11) is 3.02. The van der Waals surface area contributed by atoms with E-state index in [0.29, 0.717) is 30.8 Å². The number of methoxy groups -OCH3 is 2. The summed E-state index contributed by atoms with van der Waals surface area (Å²) >= 11 is 0. The fraction of sp³-hybridized carbons (Fsp3) is 0.312. The van der Waals surface area contributed by atoms with Gasteiger partial charge in [-0.25, -0.2) is 4.98 Å². The highest BCUT2D eigenvalue weighted by atomic mass is 16.5. The Morgan fingerprint density at radius 2 is 1.80 bits per heavy atom. The molecule has 2 heterocycles. The summed E-state index contributed by atoms with van der Waals surface area (Å²) in [6.07, 6.45) is 6.40. The normalized spacial score (nSPS) is 16.6. The number of amides is 1. The average molecular weight is 537 g/mol. The summed E-state index contributed by atoms with van der Waals surface area (Å²) in [5.74, 6) is 6.25. The summed E-state index contributed by atoms with van der Waals surface area (Å²) in [6.45, 7) is 2.29. The lowest BCUT2D eigenvalue weighted by atomic mass is 9.86. The van der Waals surface area contributed by atoms with Gasteiger partial charge in [-0.1, -0.05) is 30.2 Å². The Labute approximate surface area is 233 Å². The molecule has 204 valence electrons. The fourth-order valence-corrected chi connectivity index (χ4v) is 5.33. The molecule has 2 aromatic carbocycles. The van der Waals surface area contributed by atoms with Gasteiger partial charge in [-0.2, -0.15) is 5.10 Å². The van der Waals surface area contributed by atoms with E-state index >= 15 is 0 Å². The Morgan fingerprint density at radius 1 is 1.02 bits per heavy atom. The molecule has 0 unspecified atom stereocenters. The van der Waals surface area contributed by atoms with Crippen LogP contribution in [0.15, 0.2) is 60.9 Å². The SMILES string of the molecule is CC#Cc1ccc(C(=O)NC2CCC(C(=O)OC)CC2)c2c1cnn2Cc1ccc(-c2ccnc(OC)c2)cc1. The first-order valence-electron chi connectivity index (χ1n) is 13.4. The van der Waals surface area contributed by atoms with E-state index in [0.717, 1.165) is 46.0 Å². The Morgan fingerprint density at radius 3 is 2.50 bits per heavy atom. The van der Waals surface area contributed by atoms with Crippen LogP contribution in [0.25, 0.3) is 22.0 Å². The zero-order chi connectivity index (χ0) is 28.1. The van der Waals surface area contributed by atoms with E-state index in [-0.39, 0.29) is 23.8 Å². The topological polar surface area (TPSA) is 95.3 Å². The van der Waals surface area contributed by atoms with E-state index in [2.05, 4.69) is 51.5 Å². The number of benzene rings is 2. The molecule has 0 saturated heterocycles. The van der Waals surface area contributed by atoms with Gasteiger partial charge < -0.3 is 14.8 Å². The second-order valence-electron chi connectivity index (χ2n) is 9.93. The highest BCUT2D eigenvalue weighted by molar-refractivity contribution is 6.07. The molecule has 1 fully saturated rings. The Bertz CT molecular complexity index is 1590. The van der Waals surface area contributed by atoms with Crippen LogP contribution in [0.4, 0.5) is 0 Å². The molecule has 8 heteroatoms. The highest BCUT2D eigenvalue weighted by Crippen LogP contribution is 2.28. The van der Waals surface area contributed by atoms with Gasteiger partial charge >= 0.3 is 5.97 Å². The number of hydrogen-bond acceptors (Lipinski definition) is 6. The lowest BCUT2D eigenvalue weighted by Crippen LogP contribution is -2.39. The van der Waals surface area contributed by atoms with Gasteiger partial charge in [0.2, 0.25) is 5.88 Å². The summed E-state index contributed by atoms with van der Waals surface area (Å²) < 4.78 is 12.0. The van der Waals surface area contributed by atoms with Crippen LogP contribution in [0.5, 0.6) is 5.88 Å². The number of esters is 1. The van der Waals surface area contributed by atoms with Crippen molar-refractivity contribution in [3.8, 4) is 28.8 Å². The van der Waals surface area contributed by atoms with Crippen LogP contribution in [-0.4, -0.2) is 46.9 Å². The Kier molecular flexibility index (Phi) is 8.11. The number of ether oxygens (including phenoxy) is 2. The number of aromatic nitrogens is 3. The number of hydrogen-bond donors (Lipinski definition) is 1. The minimum atomic E-state index is -0.170. The van der Waals surface area contributed by atoms with Gasteiger partial charge in [0, 0.05) is 29.3 Å². The third-order valence-corrected chi connectivity index (χ3v) is 7.47. The van der Waals surface area contributed by atoms with Gasteiger partial charge in [0.25, 0.3) is 5.91 Å². The monoisotopic (exact) mass is 536 g/mol. The van der Waals surface area contributed by atoms with Crippen LogP contribution in [0.2, 0.25) is 0 Å². The van der Waals surface area contributed by atoms with Gasteiger partial charge in [0.05, 0.1) is 44.0 Å². The lowest BCUT2D eigenvalue weighted by Gasteiger charge is -2.27. The largest absolute Gasteiger partial charge is 0.481 e. The number of fused-ring (bicyclic) bond motifs is 1. The predicted molar refractivity (Wildman–Crippen MR) is 153 cm³/mol. The first kappa shape index (κ1) is 26.9. The fourth-order valence-electron chi connectivity index (χ4n) is 5.33. The van der Waals surface area contributed by atoms with Crippen molar-refractivity contribution in [1.29, 1.82) is 0 Å². The zero-order valence-electron chi connectivity index (χ0n) is 22.9. The van der Waals surface area contributed by atoms with Crippen LogP contribution >= 0.6 is 0 Å². The number of nitrogens with zero attached hydrogens (tertiary/aromatic N) is 3. The third-order valence-electron chi connectivity index (χ3n) is 7.47. The molecule has 0 atom stereocenters. The van der Waals surface area contributed by atoms with Gasteiger partial charge in [0.15, 0.2) is 0 Å². The second kappa shape index (κ2) is 12.0. The molecular formula is C32H32N4O4. The first-order valence-corrected chi connectivity index (χ1v) is 13.4. The molecule has 1 saturated carbocycles. The molecule has 4 aromatic rings. The Balaban J connectivity index is 1.39. The summed E-state index contributed by atoms with van der Waals surface area (Å²) in [4.78, 5) is 29.6. The van der Waals surface area contributed by atoms with Crippen LogP contribution < -0.4 is 10.1 Å². The summed E-state index contributed by atoms with van der Waals surface area (Å²) in [5, 5.41) is 8.69. The maximum atomic E-state index is 13.5. The van der Waals surface area contributed by atoms with Crippen LogP contribution in [0.3, 0.4) is 0 Å². The first-order chi connectivity index (χ1) is 19.5. The molecule has 1 aliphatic rings. The van der Waals surface area contributed by atoms with E-state index in [4.69, 9.17) is 9.47 Å². The smallest absolute Gasteiger partial charge is 0.308 e. The van der Waals surface area contributed by atoms with E-state index < -0.39 is 0 Å². The van der Waals surface area contributed by atoms with Gasteiger partial charge in [-0.15, -0.1) is 5.92 Å². The van der Waals surface area contributed by atoms with Crippen LogP contribution in [0, 0.1) is 17.8 Å². The molecule has 0 radical (unpaired) electrons. The van der Waals surface area contributed by atoms with Crippen molar-refractivity contribution in [2.75, 3.05) is 14.2 Å². The number of rotatable bonds is 7. The predicted octanol–water partition coefficient (Wildman–Crippen LogP) is 4.99. The molecule has 2 aromatic heterocycles. The standard InChI is InChI=1S/C32H32N4O4/c1-4-5-23-12-15-27(31(37)35-26-13-10-24(11-14-26)32(38)40-3)30-28(23)19-34-36(30)20-21-6-8-22(9-7-21)25-16-17-33-29(18-25)39-2/h6-9,12,15-19,24,26H,10-11,13-14,20H2,1-3H3,(H,35,37). The second-order valence-corrected chi connectivity index (χ2v) is 9.93. The van der Waals surface area contributed by atoms with Crippen LogP contribution in [0.1, 0.15) is 54.1 Å². The quantitative estimate of drug-likeness (QED) is 0.264. The molecule has 5 rings (SSSR count). The minimum Gasteiger partial charge on any atom is -0.481 e. The number of nitrogens with one attached hydrogen (secondary N) is 1. The van der Waals surface area contributed by atoms with Crippen molar-refractivity contribution in [3.63, 3.8) is 0 Å². The molecule has 1 N–H and O–H groups in total. The summed E-state index contributed by atoms with van der Waals surface area (Å²) in [6, 6.07) is 15.8. The van der Waals surface area contributed by atoms with E-state index in [1.54, 1.807) is 26.4 Å². The molecule has 1 aliphatic carbocycles. The maximum absolute atomic E-state index is 13.5. The molecule has 0 bridgehead atoms. The molecule has 40 heavy (non-hydrogen) atoms. The van der Waals surface area contributed by atoms with Gasteiger partial charge in [-0.3, -0.25) is 14.3 Å². The molecule has 0 spiro atoms. The molecule has 0 aliphatic heterocycles. The van der Waals surface area contributed by atoms with E-state index in [1.807, 2.05) is 28.9 Å². The van der Waals surface area contributed by atoms with Crippen molar-refractivity contribution < 1.29 is 19.1 Å². The average Bonchev–Trinajstić information content (AvgIpc) is 3.41. The molecule has 1 amide bonds. The van der Waals surface area contributed by atoms with Crippen molar-refractivity contribution in [2.24, 2.45) is 5.92 Å². The lowest BCUT2D eigenvalue weighted by molar-refractivity contribution is -0.146. The van der Waals surface area contributed by atoms with Crippen LogP contribution in [-0.2, 0) is 16.1 Å². The van der Waals surface area contributed by atoms with Crippen molar-refractivity contribution in [2.45, 2.75) is 45.2 Å². The third kappa shape index (κ3) is 5.69. The molecular weight excluding hydrogens is 504 g/mol. The zero-order valence-corrected chi connectivity index (χ0v) is 22.9. The summed E-state index contributed by atoms with van der Waals surface area (Å²) in [5.41, 5.74) is 5.27. The van der Waals surface area contributed by atoms with Crippen molar-refractivity contribution in [1.82, 2.24) is 20.1 Å². The highest BCUT2D eigenvalue weighted by Gasteiger charge is 2.28. The Hall–Kier alpha value is -4.64. The molecule has 8 nitrogen and oxygen atoms in total. The number of pyridine rings is 1. The number of carbonyl (C=O) groups is 2. The van der Waals surface area contributed by atoms with E-state index in [1.165, 1.54) is 7.11 Å². The van der Waals surface area contributed by atoms with Gasteiger partial charge in [0.1, 0.15) is 0 Å². The van der Waals surface area contributed by atoms with E-state index in [9.17, 15) is 9.59 Å². The van der Waals surface area contributed by atoms with Gasteiger partial charge in [-0.05, 0) is 67.5 Å². The van der Waals surface area contributed by atoms with Crippen molar-refractivity contribution >= 4 is 22.8 Å². The minimum absolute atomic E-state index is 0.00860.